The van der Waals surface area contributed by atoms with Crippen LogP contribution in [0.15, 0.2) is 4.52 Å². The van der Waals surface area contributed by atoms with Gasteiger partial charge in [-0.3, -0.25) is 0 Å². The minimum atomic E-state index is -0.0443. The minimum Gasteiger partial charge on any atom is -0.339 e. The summed E-state index contributed by atoms with van der Waals surface area (Å²) in [5.41, 5.74) is -0.0443. The number of alkyl halides is 1. The van der Waals surface area contributed by atoms with Crippen LogP contribution in [-0.2, 0) is 11.3 Å². The lowest BCUT2D eigenvalue weighted by Crippen LogP contribution is -2.15. The molecule has 0 amide bonds. The van der Waals surface area contributed by atoms with Crippen LogP contribution in [-0.4, -0.2) is 10.1 Å². The second kappa shape index (κ2) is 3.44. The molecule has 0 saturated heterocycles. The van der Waals surface area contributed by atoms with Crippen molar-refractivity contribution in [1.29, 1.82) is 0 Å². The Kier molecular flexibility index (Phi) is 2.73. The third-order valence-corrected chi connectivity index (χ3v) is 2.29. The molecule has 0 aliphatic carbocycles. The molecule has 3 nitrogen and oxygen atoms in total. The molecule has 1 heterocycles. The fourth-order valence-corrected chi connectivity index (χ4v) is 0.843. The molecule has 0 aliphatic rings. The van der Waals surface area contributed by atoms with Crippen molar-refractivity contribution in [2.24, 2.45) is 0 Å². The molecule has 0 bridgehead atoms. The highest BCUT2D eigenvalue weighted by molar-refractivity contribution is 6.16. The predicted molar refractivity (Wildman–Crippen MR) is 47.2 cm³/mol. The zero-order chi connectivity index (χ0) is 9.19. The van der Waals surface area contributed by atoms with Crippen molar-refractivity contribution in [3.05, 3.63) is 11.7 Å². The predicted octanol–water partition coefficient (Wildman–Crippen LogP) is 2.50. The van der Waals surface area contributed by atoms with E-state index in [2.05, 4.69) is 30.9 Å². The van der Waals surface area contributed by atoms with Crippen LogP contribution in [0.1, 0.15) is 38.9 Å². The van der Waals surface area contributed by atoms with Crippen molar-refractivity contribution >= 4 is 11.6 Å². The Hall–Kier alpha value is -0.570. The first-order chi connectivity index (χ1) is 5.60. The van der Waals surface area contributed by atoms with Crippen molar-refractivity contribution in [2.45, 2.75) is 38.5 Å². The van der Waals surface area contributed by atoms with Crippen LogP contribution in [0, 0.1) is 0 Å². The van der Waals surface area contributed by atoms with Gasteiger partial charge in [0.1, 0.15) is 0 Å². The molecule has 1 aromatic heterocycles. The Balaban J connectivity index is 2.88. The van der Waals surface area contributed by atoms with E-state index < -0.39 is 0 Å². The van der Waals surface area contributed by atoms with Crippen LogP contribution in [0.2, 0.25) is 0 Å². The normalized spacial score (nSPS) is 12.0. The number of hydrogen-bond donors (Lipinski definition) is 0. The molecule has 0 aromatic carbocycles. The van der Waals surface area contributed by atoms with E-state index in [1.54, 1.807) is 0 Å². The summed E-state index contributed by atoms with van der Waals surface area (Å²) in [4.78, 5) is 4.16. The third kappa shape index (κ3) is 1.78. The maximum absolute atomic E-state index is 5.55. The number of hydrogen-bond acceptors (Lipinski definition) is 3. The van der Waals surface area contributed by atoms with Gasteiger partial charge in [0.15, 0.2) is 5.82 Å². The molecular weight excluding hydrogens is 176 g/mol. The second-order valence-corrected chi connectivity index (χ2v) is 3.65. The SMILES string of the molecule is CCC(C)(C)c1nc(CCl)no1. The van der Waals surface area contributed by atoms with Crippen molar-refractivity contribution in [3.8, 4) is 0 Å². The Morgan fingerprint density at radius 3 is 2.58 bits per heavy atom. The van der Waals surface area contributed by atoms with E-state index in [9.17, 15) is 0 Å². The van der Waals surface area contributed by atoms with E-state index in [0.29, 0.717) is 17.6 Å². The summed E-state index contributed by atoms with van der Waals surface area (Å²) in [6.45, 7) is 6.22. The van der Waals surface area contributed by atoms with Crippen LogP contribution in [0.5, 0.6) is 0 Å². The van der Waals surface area contributed by atoms with E-state index in [1.165, 1.54) is 0 Å². The van der Waals surface area contributed by atoms with Gasteiger partial charge in [0.25, 0.3) is 0 Å². The van der Waals surface area contributed by atoms with Gasteiger partial charge in [-0.2, -0.15) is 4.98 Å². The standard InChI is InChI=1S/C8H13ClN2O/c1-4-8(2,3)7-10-6(5-9)11-12-7/h4-5H2,1-3H3. The smallest absolute Gasteiger partial charge is 0.232 e. The quantitative estimate of drug-likeness (QED) is 0.685. The summed E-state index contributed by atoms with van der Waals surface area (Å²) in [6.07, 6.45) is 0.969. The fraction of sp³-hybridized carbons (Fsp3) is 0.750. The van der Waals surface area contributed by atoms with Crippen LogP contribution in [0.4, 0.5) is 0 Å². The number of rotatable bonds is 3. The number of halogens is 1. The summed E-state index contributed by atoms with van der Waals surface area (Å²) in [5.74, 6) is 1.54. The summed E-state index contributed by atoms with van der Waals surface area (Å²) >= 11 is 5.55. The van der Waals surface area contributed by atoms with Crippen molar-refractivity contribution in [2.75, 3.05) is 0 Å². The van der Waals surface area contributed by atoms with Gasteiger partial charge in [0, 0.05) is 5.41 Å². The van der Waals surface area contributed by atoms with Crippen molar-refractivity contribution in [1.82, 2.24) is 10.1 Å². The molecular formula is C8H13ClN2O. The van der Waals surface area contributed by atoms with E-state index in [0.717, 1.165) is 6.42 Å². The monoisotopic (exact) mass is 188 g/mol. The first-order valence-corrected chi connectivity index (χ1v) is 4.52. The number of nitrogens with zero attached hydrogens (tertiary/aromatic N) is 2. The molecule has 0 radical (unpaired) electrons. The topological polar surface area (TPSA) is 38.9 Å². The lowest BCUT2D eigenvalue weighted by atomic mass is 9.90. The largest absolute Gasteiger partial charge is 0.339 e. The Bertz CT molecular complexity index is 257. The molecule has 0 saturated carbocycles. The van der Waals surface area contributed by atoms with Crippen LogP contribution >= 0.6 is 11.6 Å². The summed E-state index contributed by atoms with van der Waals surface area (Å²) in [7, 11) is 0. The minimum absolute atomic E-state index is 0.0443. The number of aromatic nitrogens is 2. The van der Waals surface area contributed by atoms with E-state index >= 15 is 0 Å². The molecule has 0 fully saturated rings. The molecule has 12 heavy (non-hydrogen) atoms. The lowest BCUT2D eigenvalue weighted by molar-refractivity contribution is 0.300. The Labute approximate surface area is 77.1 Å². The van der Waals surface area contributed by atoms with Gasteiger partial charge >= 0.3 is 0 Å². The van der Waals surface area contributed by atoms with Gasteiger partial charge in [-0.05, 0) is 6.42 Å². The molecule has 0 N–H and O–H groups in total. The fourth-order valence-electron chi connectivity index (χ4n) is 0.734. The van der Waals surface area contributed by atoms with Gasteiger partial charge in [-0.1, -0.05) is 25.9 Å². The Morgan fingerprint density at radius 1 is 1.50 bits per heavy atom. The molecule has 4 heteroatoms. The average molecular weight is 189 g/mol. The molecule has 0 aliphatic heterocycles. The van der Waals surface area contributed by atoms with Gasteiger partial charge < -0.3 is 4.52 Å². The van der Waals surface area contributed by atoms with Crippen LogP contribution in [0.3, 0.4) is 0 Å². The van der Waals surface area contributed by atoms with Gasteiger partial charge in [0.05, 0.1) is 5.88 Å². The molecule has 1 aromatic rings. The van der Waals surface area contributed by atoms with E-state index in [-0.39, 0.29) is 5.41 Å². The highest BCUT2D eigenvalue weighted by atomic mass is 35.5. The zero-order valence-corrected chi connectivity index (χ0v) is 8.35. The van der Waals surface area contributed by atoms with E-state index in [4.69, 9.17) is 16.1 Å². The molecule has 0 spiro atoms. The zero-order valence-electron chi connectivity index (χ0n) is 7.59. The van der Waals surface area contributed by atoms with Crippen molar-refractivity contribution in [3.63, 3.8) is 0 Å². The first kappa shape index (κ1) is 9.52. The molecule has 0 unspecified atom stereocenters. The van der Waals surface area contributed by atoms with Gasteiger partial charge in [0.2, 0.25) is 5.89 Å². The second-order valence-electron chi connectivity index (χ2n) is 3.39. The summed E-state index contributed by atoms with van der Waals surface area (Å²) in [6, 6.07) is 0. The molecule has 0 atom stereocenters. The summed E-state index contributed by atoms with van der Waals surface area (Å²) in [5, 5.41) is 3.73. The third-order valence-electron chi connectivity index (χ3n) is 2.05. The van der Waals surface area contributed by atoms with Crippen LogP contribution < -0.4 is 0 Å². The van der Waals surface area contributed by atoms with Crippen LogP contribution in [0.25, 0.3) is 0 Å². The van der Waals surface area contributed by atoms with E-state index in [1.807, 2.05) is 0 Å². The lowest BCUT2D eigenvalue weighted by Gasteiger charge is -2.15. The molecule has 68 valence electrons. The van der Waals surface area contributed by atoms with Gasteiger partial charge in [-0.25, -0.2) is 0 Å². The maximum atomic E-state index is 5.55. The average Bonchev–Trinajstić information content (AvgIpc) is 2.52. The first-order valence-electron chi connectivity index (χ1n) is 3.99. The Morgan fingerprint density at radius 2 is 2.17 bits per heavy atom. The van der Waals surface area contributed by atoms with Crippen molar-refractivity contribution < 1.29 is 4.52 Å². The summed E-state index contributed by atoms with van der Waals surface area (Å²) < 4.78 is 5.07. The highest BCUT2D eigenvalue weighted by Crippen LogP contribution is 2.24. The highest BCUT2D eigenvalue weighted by Gasteiger charge is 2.25. The van der Waals surface area contributed by atoms with Gasteiger partial charge in [-0.15, -0.1) is 11.6 Å². The molecule has 1 rings (SSSR count). The maximum Gasteiger partial charge on any atom is 0.232 e.